The van der Waals surface area contributed by atoms with Crippen LogP contribution in [0.2, 0.25) is 0 Å². The first-order valence-corrected chi connectivity index (χ1v) is 9.83. The molecule has 0 unspecified atom stereocenters. The smallest absolute Gasteiger partial charge is 0.325 e. The Labute approximate surface area is 156 Å². The van der Waals surface area contributed by atoms with Crippen molar-refractivity contribution in [1.82, 2.24) is 19.0 Å². The summed E-state index contributed by atoms with van der Waals surface area (Å²) in [6.07, 6.45) is 1.43. The fourth-order valence-corrected chi connectivity index (χ4v) is 4.28. The van der Waals surface area contributed by atoms with E-state index in [0.29, 0.717) is 0 Å². The quantitative estimate of drug-likeness (QED) is 0.789. The Hall–Kier alpha value is -2.72. The number of hydrogen-bond donors (Lipinski definition) is 1. The van der Waals surface area contributed by atoms with Crippen molar-refractivity contribution < 1.29 is 23.1 Å². The van der Waals surface area contributed by atoms with Gasteiger partial charge in [0.15, 0.2) is 0 Å². The molecule has 2 heterocycles. The second-order valence-electron chi connectivity index (χ2n) is 6.30. The molecule has 0 bridgehead atoms. The maximum atomic E-state index is 12.7. The largest absolute Gasteiger partial charge is 0.480 e. The summed E-state index contributed by atoms with van der Waals surface area (Å²) in [5, 5.41) is 12.7. The molecular weight excluding hydrogens is 372 g/mol. The Balaban J connectivity index is 1.64. The second-order valence-corrected chi connectivity index (χ2v) is 8.24. The molecule has 0 spiro atoms. The molecule has 10 heteroatoms. The second kappa shape index (κ2) is 7.49. The van der Waals surface area contributed by atoms with Gasteiger partial charge in [-0.1, -0.05) is 17.7 Å². The van der Waals surface area contributed by atoms with Gasteiger partial charge in [0.1, 0.15) is 12.2 Å². The van der Waals surface area contributed by atoms with E-state index in [1.165, 1.54) is 26.2 Å². The molecule has 1 amide bonds. The Morgan fingerprint density at radius 3 is 2.30 bits per heavy atom. The zero-order chi connectivity index (χ0) is 19.6. The van der Waals surface area contributed by atoms with Crippen molar-refractivity contribution in [3.8, 4) is 0 Å². The standard InChI is InChI=1S/C17H20N4O5S/c1-13-2-4-14(5-3-13)27(25,26)21-10-8-19(9-11-21)17(24)15-6-7-20(18-15)12-16(22)23/h2-7H,8-12H2,1H3,(H,22,23). The van der Waals surface area contributed by atoms with Crippen LogP contribution in [0.25, 0.3) is 0 Å². The van der Waals surface area contributed by atoms with Crippen LogP contribution in [0.3, 0.4) is 0 Å². The molecule has 144 valence electrons. The molecule has 1 aliphatic rings. The summed E-state index contributed by atoms with van der Waals surface area (Å²) >= 11 is 0. The molecule has 1 N–H and O–H groups in total. The fourth-order valence-electron chi connectivity index (χ4n) is 2.86. The average molecular weight is 392 g/mol. The van der Waals surface area contributed by atoms with E-state index < -0.39 is 16.0 Å². The van der Waals surface area contributed by atoms with Gasteiger partial charge in [-0.3, -0.25) is 14.3 Å². The van der Waals surface area contributed by atoms with Crippen LogP contribution in [0.1, 0.15) is 16.1 Å². The first-order valence-electron chi connectivity index (χ1n) is 8.39. The van der Waals surface area contributed by atoms with Crippen LogP contribution in [0, 0.1) is 6.92 Å². The number of carbonyl (C=O) groups excluding carboxylic acids is 1. The van der Waals surface area contributed by atoms with Crippen LogP contribution >= 0.6 is 0 Å². The summed E-state index contributed by atoms with van der Waals surface area (Å²) in [5.41, 5.74) is 1.12. The lowest BCUT2D eigenvalue weighted by molar-refractivity contribution is -0.137. The van der Waals surface area contributed by atoms with Gasteiger partial charge in [-0.15, -0.1) is 0 Å². The van der Waals surface area contributed by atoms with Gasteiger partial charge in [-0.2, -0.15) is 9.40 Å². The number of nitrogens with zero attached hydrogens (tertiary/aromatic N) is 4. The third kappa shape index (κ3) is 4.17. The highest BCUT2D eigenvalue weighted by atomic mass is 32.2. The Kier molecular flexibility index (Phi) is 5.29. The number of aromatic nitrogens is 2. The molecule has 2 aromatic rings. The third-order valence-electron chi connectivity index (χ3n) is 4.34. The number of benzene rings is 1. The lowest BCUT2D eigenvalue weighted by Gasteiger charge is -2.33. The van der Waals surface area contributed by atoms with Crippen LogP contribution < -0.4 is 0 Å². The molecular formula is C17H20N4O5S. The van der Waals surface area contributed by atoms with E-state index in [0.717, 1.165) is 5.56 Å². The monoisotopic (exact) mass is 392 g/mol. The summed E-state index contributed by atoms with van der Waals surface area (Å²) in [6, 6.07) is 8.12. The topological polar surface area (TPSA) is 113 Å². The molecule has 1 saturated heterocycles. The Morgan fingerprint density at radius 2 is 1.70 bits per heavy atom. The van der Waals surface area contributed by atoms with Crippen LogP contribution in [0.15, 0.2) is 41.4 Å². The lowest BCUT2D eigenvalue weighted by Crippen LogP contribution is -2.50. The molecule has 1 aromatic heterocycles. The average Bonchev–Trinajstić information content (AvgIpc) is 3.09. The van der Waals surface area contributed by atoms with Gasteiger partial charge in [0.25, 0.3) is 5.91 Å². The Bertz CT molecular complexity index is 944. The number of hydrogen-bond acceptors (Lipinski definition) is 5. The van der Waals surface area contributed by atoms with Crippen molar-refractivity contribution in [2.45, 2.75) is 18.4 Å². The van der Waals surface area contributed by atoms with Gasteiger partial charge in [-0.25, -0.2) is 8.42 Å². The van der Waals surface area contributed by atoms with Gasteiger partial charge < -0.3 is 10.0 Å². The zero-order valence-corrected chi connectivity index (χ0v) is 15.6. The van der Waals surface area contributed by atoms with Gasteiger partial charge in [0, 0.05) is 32.4 Å². The number of amides is 1. The molecule has 3 rings (SSSR count). The molecule has 1 aliphatic heterocycles. The molecule has 0 saturated carbocycles. The van der Waals surface area contributed by atoms with Crippen LogP contribution in [-0.2, 0) is 21.4 Å². The van der Waals surface area contributed by atoms with Gasteiger partial charge in [0.05, 0.1) is 4.90 Å². The maximum absolute atomic E-state index is 12.7. The van der Waals surface area contributed by atoms with Crippen molar-refractivity contribution in [3.63, 3.8) is 0 Å². The first-order chi connectivity index (χ1) is 12.8. The van der Waals surface area contributed by atoms with E-state index in [-0.39, 0.29) is 49.2 Å². The molecule has 1 fully saturated rings. The van der Waals surface area contributed by atoms with Gasteiger partial charge >= 0.3 is 5.97 Å². The van der Waals surface area contributed by atoms with E-state index in [9.17, 15) is 18.0 Å². The summed E-state index contributed by atoms with van der Waals surface area (Å²) in [4.78, 5) is 25.0. The molecule has 0 aliphatic carbocycles. The number of aryl methyl sites for hydroxylation is 1. The fraction of sp³-hybridized carbons (Fsp3) is 0.353. The minimum absolute atomic E-state index is 0.145. The van der Waals surface area contributed by atoms with E-state index >= 15 is 0 Å². The van der Waals surface area contributed by atoms with Crippen molar-refractivity contribution in [3.05, 3.63) is 47.8 Å². The summed E-state index contributed by atoms with van der Waals surface area (Å²) < 4.78 is 27.9. The van der Waals surface area contributed by atoms with Gasteiger partial charge in [-0.05, 0) is 25.1 Å². The number of sulfonamides is 1. The number of carbonyl (C=O) groups is 2. The number of rotatable bonds is 5. The number of carboxylic acids is 1. The highest BCUT2D eigenvalue weighted by Crippen LogP contribution is 2.18. The van der Waals surface area contributed by atoms with E-state index in [1.54, 1.807) is 24.3 Å². The number of carboxylic acid groups (broad SMARTS) is 1. The SMILES string of the molecule is Cc1ccc(S(=O)(=O)N2CCN(C(=O)c3ccn(CC(=O)O)n3)CC2)cc1. The Morgan fingerprint density at radius 1 is 1.07 bits per heavy atom. The molecule has 9 nitrogen and oxygen atoms in total. The maximum Gasteiger partial charge on any atom is 0.325 e. The van der Waals surface area contributed by atoms with Crippen molar-refractivity contribution in [2.24, 2.45) is 0 Å². The molecule has 27 heavy (non-hydrogen) atoms. The molecule has 0 radical (unpaired) electrons. The van der Waals surface area contributed by atoms with Crippen molar-refractivity contribution in [2.75, 3.05) is 26.2 Å². The van der Waals surface area contributed by atoms with E-state index in [2.05, 4.69) is 5.10 Å². The predicted octanol–water partition coefficient (Wildman–Crippen LogP) is 0.423. The summed E-state index contributed by atoms with van der Waals surface area (Å²) in [6.45, 7) is 2.44. The van der Waals surface area contributed by atoms with Crippen LogP contribution in [0.5, 0.6) is 0 Å². The zero-order valence-electron chi connectivity index (χ0n) is 14.8. The highest BCUT2D eigenvalue weighted by Gasteiger charge is 2.31. The minimum atomic E-state index is -3.59. The minimum Gasteiger partial charge on any atom is -0.480 e. The van der Waals surface area contributed by atoms with Crippen LogP contribution in [0.4, 0.5) is 0 Å². The van der Waals surface area contributed by atoms with Crippen LogP contribution in [-0.4, -0.2) is 70.6 Å². The molecule has 0 atom stereocenters. The summed E-state index contributed by atoms with van der Waals surface area (Å²) in [7, 11) is -3.59. The van der Waals surface area contributed by atoms with Gasteiger partial charge in [0.2, 0.25) is 10.0 Å². The normalized spacial score (nSPS) is 15.7. The predicted molar refractivity (Wildman–Crippen MR) is 95.7 cm³/mol. The molecule has 1 aromatic carbocycles. The number of piperazine rings is 1. The van der Waals surface area contributed by atoms with Crippen molar-refractivity contribution >= 4 is 21.9 Å². The summed E-state index contributed by atoms with van der Waals surface area (Å²) in [5.74, 6) is -1.39. The first kappa shape index (κ1) is 19.1. The third-order valence-corrected chi connectivity index (χ3v) is 6.25. The highest BCUT2D eigenvalue weighted by molar-refractivity contribution is 7.89. The number of aliphatic carboxylic acids is 1. The van der Waals surface area contributed by atoms with E-state index in [4.69, 9.17) is 5.11 Å². The van der Waals surface area contributed by atoms with Crippen molar-refractivity contribution in [1.29, 1.82) is 0 Å². The lowest BCUT2D eigenvalue weighted by atomic mass is 10.2. The van der Waals surface area contributed by atoms with E-state index in [1.807, 2.05) is 6.92 Å².